The summed E-state index contributed by atoms with van der Waals surface area (Å²) in [7, 11) is 3.20. The van der Waals surface area contributed by atoms with E-state index in [4.69, 9.17) is 20.3 Å². The number of rotatable bonds is 7. The lowest BCUT2D eigenvalue weighted by Crippen LogP contribution is -2.23. The van der Waals surface area contributed by atoms with Gasteiger partial charge in [-0.05, 0) is 36.4 Å². The van der Waals surface area contributed by atoms with Crippen molar-refractivity contribution in [2.75, 3.05) is 38.4 Å². The maximum Gasteiger partial charge on any atom is 0.127 e. The van der Waals surface area contributed by atoms with E-state index in [1.807, 2.05) is 30.3 Å². The fraction of sp³-hybridized carbons (Fsp3) is 0.294. The number of anilines is 2. The quantitative estimate of drug-likeness (QED) is 0.580. The van der Waals surface area contributed by atoms with Gasteiger partial charge in [-0.2, -0.15) is 0 Å². The highest BCUT2D eigenvalue weighted by Gasteiger charge is 2.13. The molecular formula is C17H22N2O4. The monoisotopic (exact) mass is 318 g/mol. The van der Waals surface area contributed by atoms with Crippen LogP contribution in [0.1, 0.15) is 0 Å². The first-order valence-corrected chi connectivity index (χ1v) is 7.23. The summed E-state index contributed by atoms with van der Waals surface area (Å²) in [6, 6.07) is 10.9. The van der Waals surface area contributed by atoms with Gasteiger partial charge in [-0.1, -0.05) is 0 Å². The Morgan fingerprint density at radius 1 is 1.09 bits per heavy atom. The third-order valence-electron chi connectivity index (χ3n) is 3.48. The van der Waals surface area contributed by atoms with Crippen molar-refractivity contribution in [1.82, 2.24) is 0 Å². The van der Waals surface area contributed by atoms with Crippen molar-refractivity contribution in [3.63, 3.8) is 0 Å². The molecule has 1 unspecified atom stereocenters. The summed E-state index contributed by atoms with van der Waals surface area (Å²) >= 11 is 0. The largest absolute Gasteiger partial charge is 0.497 e. The first-order valence-electron chi connectivity index (χ1n) is 7.23. The number of ether oxygens (including phenoxy) is 2. The highest BCUT2D eigenvalue weighted by Crippen LogP contribution is 2.38. The van der Waals surface area contributed by atoms with Gasteiger partial charge in [0.2, 0.25) is 0 Å². The average Bonchev–Trinajstić information content (AvgIpc) is 2.59. The van der Waals surface area contributed by atoms with E-state index >= 15 is 0 Å². The fourth-order valence-corrected chi connectivity index (χ4v) is 2.26. The molecule has 0 saturated heterocycles. The zero-order valence-electron chi connectivity index (χ0n) is 13.2. The normalized spacial score (nSPS) is 11.8. The molecule has 2 aromatic carbocycles. The number of hydrogen-bond acceptors (Lipinski definition) is 6. The predicted molar refractivity (Wildman–Crippen MR) is 91.0 cm³/mol. The Morgan fingerprint density at radius 2 is 1.87 bits per heavy atom. The molecule has 0 spiro atoms. The van der Waals surface area contributed by atoms with Crippen molar-refractivity contribution in [3.05, 3.63) is 36.4 Å². The first-order chi connectivity index (χ1) is 11.1. The number of aliphatic hydroxyl groups is 2. The van der Waals surface area contributed by atoms with Gasteiger partial charge in [0.05, 0.1) is 26.9 Å². The zero-order valence-corrected chi connectivity index (χ0v) is 13.2. The van der Waals surface area contributed by atoms with Crippen molar-refractivity contribution >= 4 is 11.4 Å². The number of nitrogens with one attached hydrogen (secondary N) is 1. The lowest BCUT2D eigenvalue weighted by molar-refractivity contribution is 0.105. The van der Waals surface area contributed by atoms with E-state index < -0.39 is 6.10 Å². The number of aliphatic hydroxyl groups excluding tert-OH is 2. The van der Waals surface area contributed by atoms with E-state index in [-0.39, 0.29) is 13.2 Å². The molecule has 0 aliphatic heterocycles. The molecule has 23 heavy (non-hydrogen) atoms. The van der Waals surface area contributed by atoms with Crippen LogP contribution in [0, 0.1) is 0 Å². The smallest absolute Gasteiger partial charge is 0.127 e. The Bertz CT molecular complexity index is 661. The second kappa shape index (κ2) is 7.71. The maximum atomic E-state index is 9.54. The van der Waals surface area contributed by atoms with Crippen molar-refractivity contribution in [3.8, 4) is 22.6 Å². The number of methoxy groups -OCH3 is 2. The van der Waals surface area contributed by atoms with Gasteiger partial charge in [-0.25, -0.2) is 0 Å². The summed E-state index contributed by atoms with van der Waals surface area (Å²) in [4.78, 5) is 0. The van der Waals surface area contributed by atoms with Gasteiger partial charge in [0, 0.05) is 29.0 Å². The van der Waals surface area contributed by atoms with Crippen molar-refractivity contribution < 1.29 is 19.7 Å². The molecule has 0 bridgehead atoms. The van der Waals surface area contributed by atoms with Gasteiger partial charge in [-0.3, -0.25) is 0 Å². The maximum absolute atomic E-state index is 9.54. The van der Waals surface area contributed by atoms with Gasteiger partial charge in [0.1, 0.15) is 11.5 Å². The summed E-state index contributed by atoms with van der Waals surface area (Å²) in [6.07, 6.45) is -0.840. The van der Waals surface area contributed by atoms with Crippen molar-refractivity contribution in [2.24, 2.45) is 0 Å². The lowest BCUT2D eigenvalue weighted by atomic mass is 10.0. The van der Waals surface area contributed by atoms with Crippen LogP contribution in [-0.4, -0.2) is 43.7 Å². The molecule has 6 heteroatoms. The first kappa shape index (κ1) is 16.9. The Balaban J connectivity index is 2.47. The standard InChI is InChI=1S/C17H22N2O4/c1-22-13-4-6-17(23-2)15(8-13)14-7-11(18)3-5-16(14)19-9-12(21)10-20/h3-8,12,19-21H,9-10,18H2,1-2H3. The van der Waals surface area contributed by atoms with E-state index in [0.29, 0.717) is 17.2 Å². The second-order valence-corrected chi connectivity index (χ2v) is 5.09. The van der Waals surface area contributed by atoms with Crippen molar-refractivity contribution in [1.29, 1.82) is 0 Å². The molecule has 1 atom stereocenters. The van der Waals surface area contributed by atoms with E-state index in [1.54, 1.807) is 20.3 Å². The third kappa shape index (κ3) is 4.06. The minimum absolute atomic E-state index is 0.222. The summed E-state index contributed by atoms with van der Waals surface area (Å²) in [5.41, 5.74) is 8.95. The molecule has 0 fully saturated rings. The number of nitrogen functional groups attached to an aromatic ring is 1. The van der Waals surface area contributed by atoms with E-state index in [1.165, 1.54) is 0 Å². The van der Waals surface area contributed by atoms with Crippen LogP contribution in [-0.2, 0) is 0 Å². The summed E-state index contributed by atoms with van der Waals surface area (Å²) in [6.45, 7) is -0.0838. The van der Waals surface area contributed by atoms with Gasteiger partial charge in [-0.15, -0.1) is 0 Å². The molecule has 5 N–H and O–H groups in total. The highest BCUT2D eigenvalue weighted by atomic mass is 16.5. The van der Waals surface area contributed by atoms with Crippen LogP contribution < -0.4 is 20.5 Å². The lowest BCUT2D eigenvalue weighted by Gasteiger charge is -2.17. The molecule has 0 aromatic heterocycles. The number of nitrogens with two attached hydrogens (primary N) is 1. The Morgan fingerprint density at radius 3 is 2.52 bits per heavy atom. The summed E-state index contributed by atoms with van der Waals surface area (Å²) in [5, 5.41) is 21.6. The van der Waals surface area contributed by atoms with Crippen LogP contribution >= 0.6 is 0 Å². The molecule has 2 aromatic rings. The summed E-state index contributed by atoms with van der Waals surface area (Å²) in [5.74, 6) is 1.38. The van der Waals surface area contributed by atoms with E-state index in [0.717, 1.165) is 16.8 Å². The van der Waals surface area contributed by atoms with Crippen LogP contribution in [0.2, 0.25) is 0 Å². The number of hydrogen-bond donors (Lipinski definition) is 4. The Hall–Kier alpha value is -2.44. The van der Waals surface area contributed by atoms with Gasteiger partial charge in [0.15, 0.2) is 0 Å². The molecule has 0 aliphatic carbocycles. The van der Waals surface area contributed by atoms with Crippen LogP contribution in [0.3, 0.4) is 0 Å². The molecule has 2 rings (SSSR count). The minimum atomic E-state index is -0.840. The van der Waals surface area contributed by atoms with Crippen LogP contribution in [0.25, 0.3) is 11.1 Å². The van der Waals surface area contributed by atoms with Crippen LogP contribution in [0.15, 0.2) is 36.4 Å². The molecular weight excluding hydrogens is 296 g/mol. The zero-order chi connectivity index (χ0) is 16.8. The molecule has 0 radical (unpaired) electrons. The molecule has 124 valence electrons. The van der Waals surface area contributed by atoms with Crippen molar-refractivity contribution in [2.45, 2.75) is 6.10 Å². The van der Waals surface area contributed by atoms with E-state index in [2.05, 4.69) is 5.32 Å². The van der Waals surface area contributed by atoms with Crippen LogP contribution in [0.4, 0.5) is 11.4 Å². The average molecular weight is 318 g/mol. The molecule has 0 aliphatic rings. The highest BCUT2D eigenvalue weighted by molar-refractivity contribution is 5.84. The predicted octanol–water partition coefficient (Wildman–Crippen LogP) is 1.72. The number of benzene rings is 2. The summed E-state index contributed by atoms with van der Waals surface area (Å²) < 4.78 is 10.7. The topological polar surface area (TPSA) is 97.0 Å². The Labute approximate surface area is 135 Å². The fourth-order valence-electron chi connectivity index (χ4n) is 2.26. The SMILES string of the molecule is COc1ccc(OC)c(-c2cc(N)ccc2NCC(O)CO)c1. The molecule has 0 saturated carbocycles. The third-order valence-corrected chi connectivity index (χ3v) is 3.48. The molecule has 0 heterocycles. The molecule has 6 nitrogen and oxygen atoms in total. The van der Waals surface area contributed by atoms with Crippen LogP contribution in [0.5, 0.6) is 11.5 Å². The second-order valence-electron chi connectivity index (χ2n) is 5.09. The van der Waals surface area contributed by atoms with Gasteiger partial charge >= 0.3 is 0 Å². The van der Waals surface area contributed by atoms with Gasteiger partial charge < -0.3 is 30.7 Å². The van der Waals surface area contributed by atoms with E-state index in [9.17, 15) is 5.11 Å². The Kier molecular flexibility index (Phi) is 5.67. The van der Waals surface area contributed by atoms with Gasteiger partial charge in [0.25, 0.3) is 0 Å². The molecule has 0 amide bonds. The minimum Gasteiger partial charge on any atom is -0.497 e.